The van der Waals surface area contributed by atoms with E-state index in [4.69, 9.17) is 17.3 Å². The number of carbonyl (C=O) groups excluding carboxylic acids is 1. The number of nitrogens with one attached hydrogen (secondary N) is 1. The number of halogens is 1. The predicted molar refractivity (Wildman–Crippen MR) is 84.1 cm³/mol. The minimum atomic E-state index is -0.451. The summed E-state index contributed by atoms with van der Waals surface area (Å²) < 4.78 is 0. The maximum atomic E-state index is 12.3. The third kappa shape index (κ3) is 3.03. The molecule has 1 aromatic carbocycles. The standard InChI is InChI=1S/C15H16ClN5O/c16-11-4-2-1-3-10(11)14-15(22)19-7-8-21(14)9-13-18-6-5-12(17)20-13/h1-6,14H,7-9H2,(H,19,22)(H2,17,18,20). The molecule has 3 rings (SSSR count). The van der Waals surface area contributed by atoms with E-state index >= 15 is 0 Å². The van der Waals surface area contributed by atoms with Gasteiger partial charge >= 0.3 is 0 Å². The Balaban J connectivity index is 1.90. The van der Waals surface area contributed by atoms with Gasteiger partial charge in [-0.3, -0.25) is 9.69 Å². The van der Waals surface area contributed by atoms with Crippen molar-refractivity contribution in [2.75, 3.05) is 18.8 Å². The molecule has 1 aromatic heterocycles. The zero-order valence-corrected chi connectivity index (χ0v) is 12.6. The minimum Gasteiger partial charge on any atom is -0.384 e. The predicted octanol–water partition coefficient (Wildman–Crippen LogP) is 1.39. The summed E-state index contributed by atoms with van der Waals surface area (Å²) in [6.07, 6.45) is 1.62. The van der Waals surface area contributed by atoms with Gasteiger partial charge < -0.3 is 11.1 Å². The summed E-state index contributed by atoms with van der Waals surface area (Å²) in [5, 5.41) is 3.45. The first kappa shape index (κ1) is 14.7. The molecule has 0 saturated carbocycles. The molecule has 114 valence electrons. The van der Waals surface area contributed by atoms with Crippen LogP contribution in [-0.2, 0) is 11.3 Å². The summed E-state index contributed by atoms with van der Waals surface area (Å²) in [4.78, 5) is 22.8. The first-order valence-corrected chi connectivity index (χ1v) is 7.36. The molecule has 6 nitrogen and oxygen atoms in total. The highest BCUT2D eigenvalue weighted by atomic mass is 35.5. The van der Waals surface area contributed by atoms with E-state index < -0.39 is 6.04 Å². The SMILES string of the molecule is Nc1ccnc(CN2CCNC(=O)C2c2ccccc2Cl)n1. The normalized spacial score (nSPS) is 19.0. The molecule has 7 heteroatoms. The van der Waals surface area contributed by atoms with Crippen LogP contribution in [0, 0.1) is 0 Å². The molecule has 0 radical (unpaired) electrons. The van der Waals surface area contributed by atoms with Crippen molar-refractivity contribution < 1.29 is 4.79 Å². The fraction of sp³-hybridized carbons (Fsp3) is 0.267. The van der Waals surface area contributed by atoms with Crippen LogP contribution in [-0.4, -0.2) is 33.9 Å². The second-order valence-corrected chi connectivity index (χ2v) is 5.49. The number of nitrogens with two attached hydrogens (primary N) is 1. The Morgan fingerprint density at radius 3 is 2.95 bits per heavy atom. The number of benzene rings is 1. The van der Waals surface area contributed by atoms with Gasteiger partial charge in [0.25, 0.3) is 0 Å². The number of rotatable bonds is 3. The minimum absolute atomic E-state index is 0.0664. The van der Waals surface area contributed by atoms with Gasteiger partial charge in [0.15, 0.2) is 0 Å². The lowest BCUT2D eigenvalue weighted by Gasteiger charge is -2.35. The van der Waals surface area contributed by atoms with E-state index in [1.807, 2.05) is 23.1 Å². The number of anilines is 1. The van der Waals surface area contributed by atoms with Gasteiger partial charge in [0.2, 0.25) is 5.91 Å². The lowest BCUT2D eigenvalue weighted by Crippen LogP contribution is -2.49. The summed E-state index contributed by atoms with van der Waals surface area (Å²) in [6, 6.07) is 8.56. The second kappa shape index (κ2) is 6.29. The van der Waals surface area contributed by atoms with Crippen LogP contribution >= 0.6 is 11.6 Å². The van der Waals surface area contributed by atoms with Crippen molar-refractivity contribution in [3.63, 3.8) is 0 Å². The molecule has 22 heavy (non-hydrogen) atoms. The Morgan fingerprint density at radius 1 is 1.36 bits per heavy atom. The Hall–Kier alpha value is -2.18. The van der Waals surface area contributed by atoms with Crippen molar-refractivity contribution >= 4 is 23.3 Å². The van der Waals surface area contributed by atoms with Crippen molar-refractivity contribution in [3.8, 4) is 0 Å². The fourth-order valence-electron chi connectivity index (χ4n) is 2.59. The highest BCUT2D eigenvalue weighted by Gasteiger charge is 2.32. The largest absolute Gasteiger partial charge is 0.384 e. The summed E-state index contributed by atoms with van der Waals surface area (Å²) >= 11 is 6.26. The van der Waals surface area contributed by atoms with Crippen LogP contribution in [0.2, 0.25) is 5.02 Å². The van der Waals surface area contributed by atoms with Crippen LogP contribution in [0.25, 0.3) is 0 Å². The number of amides is 1. The molecule has 1 fully saturated rings. The summed E-state index contributed by atoms with van der Waals surface area (Å²) in [6.45, 7) is 1.72. The zero-order chi connectivity index (χ0) is 15.5. The van der Waals surface area contributed by atoms with E-state index in [-0.39, 0.29) is 5.91 Å². The van der Waals surface area contributed by atoms with Crippen LogP contribution in [0.3, 0.4) is 0 Å². The van der Waals surface area contributed by atoms with Gasteiger partial charge in [0.1, 0.15) is 17.7 Å². The van der Waals surface area contributed by atoms with Crippen molar-refractivity contribution in [3.05, 3.63) is 52.9 Å². The number of nitrogen functional groups attached to an aromatic ring is 1. The highest BCUT2D eigenvalue weighted by molar-refractivity contribution is 6.31. The first-order chi connectivity index (χ1) is 10.6. The van der Waals surface area contributed by atoms with E-state index in [0.717, 1.165) is 5.56 Å². The van der Waals surface area contributed by atoms with Gasteiger partial charge in [0, 0.05) is 24.3 Å². The molecule has 0 aliphatic carbocycles. The number of carbonyl (C=O) groups is 1. The second-order valence-electron chi connectivity index (χ2n) is 5.08. The smallest absolute Gasteiger partial charge is 0.242 e. The monoisotopic (exact) mass is 317 g/mol. The number of piperazine rings is 1. The summed E-state index contributed by atoms with van der Waals surface area (Å²) in [7, 11) is 0. The van der Waals surface area contributed by atoms with Crippen LogP contribution in [0.15, 0.2) is 36.5 Å². The van der Waals surface area contributed by atoms with Crippen molar-refractivity contribution in [2.24, 2.45) is 0 Å². The molecule has 2 aromatic rings. The van der Waals surface area contributed by atoms with Crippen LogP contribution < -0.4 is 11.1 Å². The molecule has 1 aliphatic rings. The quantitative estimate of drug-likeness (QED) is 0.893. The maximum absolute atomic E-state index is 12.3. The molecule has 1 aliphatic heterocycles. The average molecular weight is 318 g/mol. The number of hydrogen-bond donors (Lipinski definition) is 2. The lowest BCUT2D eigenvalue weighted by atomic mass is 10.0. The Morgan fingerprint density at radius 2 is 2.18 bits per heavy atom. The van der Waals surface area contributed by atoms with Gasteiger partial charge in [-0.15, -0.1) is 0 Å². The number of nitrogens with zero attached hydrogens (tertiary/aromatic N) is 3. The highest BCUT2D eigenvalue weighted by Crippen LogP contribution is 2.29. The number of hydrogen-bond acceptors (Lipinski definition) is 5. The molecular weight excluding hydrogens is 302 g/mol. The topological polar surface area (TPSA) is 84.1 Å². The van der Waals surface area contributed by atoms with Gasteiger partial charge in [-0.25, -0.2) is 9.97 Å². The number of aromatic nitrogens is 2. The van der Waals surface area contributed by atoms with Crippen molar-refractivity contribution in [1.82, 2.24) is 20.2 Å². The van der Waals surface area contributed by atoms with Gasteiger partial charge in [-0.2, -0.15) is 0 Å². The Bertz CT molecular complexity index is 693. The van der Waals surface area contributed by atoms with Gasteiger partial charge in [-0.05, 0) is 17.7 Å². The lowest BCUT2D eigenvalue weighted by molar-refractivity contribution is -0.129. The first-order valence-electron chi connectivity index (χ1n) is 6.99. The molecule has 0 bridgehead atoms. The molecule has 2 heterocycles. The van der Waals surface area contributed by atoms with Gasteiger partial charge in [0.05, 0.1) is 6.54 Å². The van der Waals surface area contributed by atoms with Crippen LogP contribution in [0.4, 0.5) is 5.82 Å². The summed E-state index contributed by atoms with van der Waals surface area (Å²) in [5.41, 5.74) is 6.47. The van der Waals surface area contributed by atoms with E-state index in [1.165, 1.54) is 0 Å². The molecule has 1 unspecified atom stereocenters. The van der Waals surface area contributed by atoms with Crippen LogP contribution in [0.5, 0.6) is 0 Å². The van der Waals surface area contributed by atoms with Crippen molar-refractivity contribution in [2.45, 2.75) is 12.6 Å². The molecule has 0 spiro atoms. The van der Waals surface area contributed by atoms with E-state index in [9.17, 15) is 4.79 Å². The molecule has 3 N–H and O–H groups in total. The third-order valence-electron chi connectivity index (χ3n) is 3.58. The van der Waals surface area contributed by atoms with E-state index in [0.29, 0.717) is 36.3 Å². The average Bonchev–Trinajstić information content (AvgIpc) is 2.49. The Labute approximate surface area is 133 Å². The van der Waals surface area contributed by atoms with Crippen LogP contribution in [0.1, 0.15) is 17.4 Å². The molecule has 1 amide bonds. The molecule has 1 atom stereocenters. The van der Waals surface area contributed by atoms with Crippen molar-refractivity contribution in [1.29, 1.82) is 0 Å². The van der Waals surface area contributed by atoms with Gasteiger partial charge in [-0.1, -0.05) is 29.8 Å². The molecular formula is C15H16ClN5O. The third-order valence-corrected chi connectivity index (χ3v) is 3.93. The Kier molecular flexibility index (Phi) is 4.22. The summed E-state index contributed by atoms with van der Waals surface area (Å²) in [5.74, 6) is 0.941. The zero-order valence-electron chi connectivity index (χ0n) is 11.9. The van der Waals surface area contributed by atoms with E-state index in [1.54, 1.807) is 18.3 Å². The molecule has 1 saturated heterocycles. The van der Waals surface area contributed by atoms with E-state index in [2.05, 4.69) is 15.3 Å². The maximum Gasteiger partial charge on any atom is 0.242 e. The fourth-order valence-corrected chi connectivity index (χ4v) is 2.83.